The maximum atomic E-state index is 12.3. The van der Waals surface area contributed by atoms with Gasteiger partial charge in [0.25, 0.3) is 0 Å². The molecule has 1 aliphatic heterocycles. The van der Waals surface area contributed by atoms with Crippen molar-refractivity contribution in [3.05, 3.63) is 29.3 Å². The second-order valence-electron chi connectivity index (χ2n) is 12.4. The van der Waals surface area contributed by atoms with Crippen molar-refractivity contribution < 1.29 is 33.6 Å². The first-order valence-corrected chi connectivity index (χ1v) is 12.9. The fourth-order valence-corrected chi connectivity index (χ4v) is 4.16. The van der Waals surface area contributed by atoms with E-state index in [1.807, 2.05) is 20.8 Å². The van der Waals surface area contributed by atoms with Crippen LogP contribution in [0, 0.1) is 10.8 Å². The number of aromatic carboxylic acids is 1. The van der Waals surface area contributed by atoms with Gasteiger partial charge in [-0.15, -0.1) is 0 Å². The second kappa shape index (κ2) is 12.9. The number of carbonyl (C=O) groups excluding carboxylic acids is 1. The van der Waals surface area contributed by atoms with E-state index in [1.54, 1.807) is 17.0 Å². The number of nitrogens with zero attached hydrogens (tertiary/aromatic N) is 2. The largest absolute Gasteiger partial charge is 0.496 e. The van der Waals surface area contributed by atoms with Gasteiger partial charge in [0.15, 0.2) is 0 Å². The number of ether oxygens (including phenoxy) is 4. The molecule has 0 saturated carbocycles. The molecule has 1 heterocycles. The van der Waals surface area contributed by atoms with Gasteiger partial charge in [0.1, 0.15) is 16.9 Å². The predicted molar refractivity (Wildman–Crippen MR) is 142 cm³/mol. The van der Waals surface area contributed by atoms with Crippen LogP contribution in [0.25, 0.3) is 0 Å². The smallest absolute Gasteiger partial charge is 0.410 e. The van der Waals surface area contributed by atoms with Gasteiger partial charge in [-0.2, -0.15) is 0 Å². The van der Waals surface area contributed by atoms with Gasteiger partial charge in [0.2, 0.25) is 0 Å². The molecule has 1 N–H and O–H groups in total. The molecule has 9 heteroatoms. The lowest BCUT2D eigenvalue weighted by Gasteiger charge is -2.39. The van der Waals surface area contributed by atoms with Gasteiger partial charge < -0.3 is 29.0 Å². The number of amides is 1. The molecule has 1 aliphatic rings. The third-order valence-corrected chi connectivity index (χ3v) is 5.92. The minimum absolute atomic E-state index is 0.0343. The third-order valence-electron chi connectivity index (χ3n) is 5.92. The molecule has 1 saturated heterocycles. The molecule has 2 rings (SSSR count). The molecule has 0 atom stereocenters. The summed E-state index contributed by atoms with van der Waals surface area (Å²) in [7, 11) is 1.46. The molecule has 210 valence electrons. The van der Waals surface area contributed by atoms with Gasteiger partial charge in [-0.25, -0.2) is 9.59 Å². The van der Waals surface area contributed by atoms with Crippen molar-refractivity contribution in [2.45, 2.75) is 60.7 Å². The molecule has 1 aromatic rings. The Hall–Kier alpha value is -2.36. The Balaban J connectivity index is 1.71. The van der Waals surface area contributed by atoms with E-state index in [0.29, 0.717) is 45.3 Å². The Morgan fingerprint density at radius 1 is 0.892 bits per heavy atom. The van der Waals surface area contributed by atoms with Crippen molar-refractivity contribution in [1.82, 2.24) is 9.80 Å². The number of piperazine rings is 1. The maximum absolute atomic E-state index is 12.3. The lowest BCUT2D eigenvalue weighted by atomic mass is 9.92. The van der Waals surface area contributed by atoms with Crippen molar-refractivity contribution in [2.75, 3.05) is 59.7 Å². The van der Waals surface area contributed by atoms with E-state index in [4.69, 9.17) is 18.9 Å². The van der Waals surface area contributed by atoms with E-state index in [2.05, 4.69) is 32.6 Å². The van der Waals surface area contributed by atoms with Crippen molar-refractivity contribution in [2.24, 2.45) is 10.8 Å². The molecule has 0 spiro atoms. The second-order valence-corrected chi connectivity index (χ2v) is 12.4. The van der Waals surface area contributed by atoms with Crippen LogP contribution in [-0.4, -0.2) is 92.2 Å². The minimum Gasteiger partial charge on any atom is -0.496 e. The van der Waals surface area contributed by atoms with Gasteiger partial charge in [-0.1, -0.05) is 33.8 Å². The average Bonchev–Trinajstić information content (AvgIpc) is 2.77. The SMILES string of the molecule is COc1cc(COCC(C)(C)COCC(C)(C)CN2CCN(C(=O)OC(C)(C)C)CC2)ccc1C(=O)O. The average molecular weight is 523 g/mol. The number of carboxylic acids is 1. The van der Waals surface area contributed by atoms with Gasteiger partial charge >= 0.3 is 12.1 Å². The summed E-state index contributed by atoms with van der Waals surface area (Å²) in [6, 6.07) is 4.97. The van der Waals surface area contributed by atoms with Crippen molar-refractivity contribution in [1.29, 1.82) is 0 Å². The third kappa shape index (κ3) is 10.9. The van der Waals surface area contributed by atoms with E-state index in [9.17, 15) is 14.7 Å². The fraction of sp³-hybridized carbons (Fsp3) is 0.714. The molecular formula is C28H46N2O7. The van der Waals surface area contributed by atoms with Crippen LogP contribution < -0.4 is 4.74 Å². The summed E-state index contributed by atoms with van der Waals surface area (Å²) in [5, 5.41) is 9.22. The minimum atomic E-state index is -1.02. The quantitative estimate of drug-likeness (QED) is 0.428. The predicted octanol–water partition coefficient (Wildman–Crippen LogP) is 4.53. The number of rotatable bonds is 12. The molecule has 1 aromatic carbocycles. The molecule has 1 amide bonds. The van der Waals surface area contributed by atoms with E-state index in [-0.39, 0.29) is 22.5 Å². The topological polar surface area (TPSA) is 97.8 Å². The molecule has 0 aromatic heterocycles. The van der Waals surface area contributed by atoms with Crippen LogP contribution >= 0.6 is 0 Å². The molecule has 0 radical (unpaired) electrons. The Morgan fingerprint density at radius 2 is 1.49 bits per heavy atom. The molecule has 0 aliphatic carbocycles. The number of hydrogen-bond donors (Lipinski definition) is 1. The van der Waals surface area contributed by atoms with Crippen LogP contribution in [0.4, 0.5) is 4.79 Å². The van der Waals surface area contributed by atoms with E-state index < -0.39 is 11.6 Å². The van der Waals surface area contributed by atoms with E-state index in [1.165, 1.54) is 13.2 Å². The van der Waals surface area contributed by atoms with Crippen LogP contribution in [-0.2, 0) is 20.8 Å². The highest BCUT2D eigenvalue weighted by atomic mass is 16.6. The van der Waals surface area contributed by atoms with Crippen LogP contribution in [0.2, 0.25) is 0 Å². The first-order chi connectivity index (χ1) is 17.1. The highest BCUT2D eigenvalue weighted by Gasteiger charge is 2.30. The van der Waals surface area contributed by atoms with Crippen LogP contribution in [0.5, 0.6) is 5.75 Å². The number of methoxy groups -OCH3 is 1. The number of carboxylic acid groups (broad SMARTS) is 1. The van der Waals surface area contributed by atoms with Gasteiger partial charge in [-0.05, 0) is 38.5 Å². The van der Waals surface area contributed by atoms with Crippen molar-refractivity contribution in [3.63, 3.8) is 0 Å². The van der Waals surface area contributed by atoms with Crippen molar-refractivity contribution in [3.8, 4) is 5.75 Å². The molecule has 0 bridgehead atoms. The highest BCUT2D eigenvalue weighted by Crippen LogP contribution is 2.24. The lowest BCUT2D eigenvalue weighted by Crippen LogP contribution is -2.52. The standard InChI is InChI=1S/C28H46N2O7/c1-26(2,3)37-25(33)30-13-11-29(12-14-30)17-27(4,5)18-36-20-28(6,7)19-35-16-21-9-10-22(24(31)32)23(15-21)34-8/h9-10,15H,11-14,16-20H2,1-8H3,(H,31,32). The molecule has 1 fully saturated rings. The zero-order chi connectivity index (χ0) is 27.9. The summed E-state index contributed by atoms with van der Waals surface area (Å²) in [6.07, 6.45) is -0.240. The van der Waals surface area contributed by atoms with E-state index in [0.717, 1.165) is 25.2 Å². The number of benzene rings is 1. The summed E-state index contributed by atoms with van der Waals surface area (Å²) < 4.78 is 22.7. The number of hydrogen-bond acceptors (Lipinski definition) is 7. The Morgan fingerprint density at radius 3 is 2.05 bits per heavy atom. The van der Waals surface area contributed by atoms with Crippen LogP contribution in [0.1, 0.15) is 64.4 Å². The normalized spacial score (nSPS) is 15.5. The monoisotopic (exact) mass is 522 g/mol. The summed E-state index contributed by atoms with van der Waals surface area (Å²) in [4.78, 5) is 27.7. The maximum Gasteiger partial charge on any atom is 0.410 e. The molecular weight excluding hydrogens is 476 g/mol. The Bertz CT molecular complexity index is 900. The van der Waals surface area contributed by atoms with Crippen molar-refractivity contribution >= 4 is 12.1 Å². The summed E-state index contributed by atoms with van der Waals surface area (Å²) in [5.41, 5.74) is 0.292. The fourth-order valence-electron chi connectivity index (χ4n) is 4.16. The van der Waals surface area contributed by atoms with Crippen LogP contribution in [0.15, 0.2) is 18.2 Å². The lowest BCUT2D eigenvalue weighted by molar-refractivity contribution is -0.0375. The van der Waals surface area contributed by atoms with Gasteiger partial charge in [0, 0.05) is 43.6 Å². The number of carbonyl (C=O) groups is 2. The summed E-state index contributed by atoms with van der Waals surface area (Å²) in [6.45, 7) is 20.2. The first-order valence-electron chi connectivity index (χ1n) is 12.9. The summed E-state index contributed by atoms with van der Waals surface area (Å²) >= 11 is 0. The summed E-state index contributed by atoms with van der Waals surface area (Å²) in [5.74, 6) is -0.696. The highest BCUT2D eigenvalue weighted by molar-refractivity contribution is 5.90. The molecule has 37 heavy (non-hydrogen) atoms. The Labute approximate surface area is 222 Å². The molecule has 0 unspecified atom stereocenters. The molecule has 9 nitrogen and oxygen atoms in total. The first kappa shape index (κ1) is 30.9. The zero-order valence-corrected chi connectivity index (χ0v) is 23.9. The van der Waals surface area contributed by atoms with Crippen LogP contribution in [0.3, 0.4) is 0 Å². The van der Waals surface area contributed by atoms with E-state index >= 15 is 0 Å². The van der Waals surface area contributed by atoms with Gasteiger partial charge in [-0.3, -0.25) is 4.90 Å². The Kier molecular flexibility index (Phi) is 10.8. The van der Waals surface area contributed by atoms with Gasteiger partial charge in [0.05, 0.1) is 33.5 Å². The zero-order valence-electron chi connectivity index (χ0n) is 23.9.